The van der Waals surface area contributed by atoms with Gasteiger partial charge >= 0.3 is 6.03 Å². The summed E-state index contributed by atoms with van der Waals surface area (Å²) < 4.78 is 5.09. The Labute approximate surface area is 134 Å². The second-order valence-corrected chi connectivity index (χ2v) is 6.79. The van der Waals surface area contributed by atoms with Gasteiger partial charge in [-0.25, -0.2) is 9.78 Å². The molecule has 0 saturated heterocycles. The van der Waals surface area contributed by atoms with Gasteiger partial charge in [0.15, 0.2) is 6.39 Å². The SMILES string of the molecule is Cc1ocnc1CNC(=O)Nc1cccc(CSC(C)C)c1. The van der Waals surface area contributed by atoms with E-state index in [1.807, 2.05) is 36.9 Å². The van der Waals surface area contributed by atoms with Gasteiger partial charge in [0.05, 0.1) is 6.54 Å². The maximum Gasteiger partial charge on any atom is 0.319 e. The van der Waals surface area contributed by atoms with Crippen molar-refractivity contribution in [1.29, 1.82) is 0 Å². The molecule has 2 amide bonds. The summed E-state index contributed by atoms with van der Waals surface area (Å²) in [5.41, 5.74) is 2.72. The number of urea groups is 1. The maximum absolute atomic E-state index is 11.9. The Morgan fingerprint density at radius 2 is 2.23 bits per heavy atom. The molecule has 0 aliphatic rings. The number of oxazole rings is 1. The Bertz CT molecular complexity index is 625. The number of thioether (sulfide) groups is 1. The zero-order valence-electron chi connectivity index (χ0n) is 13.1. The molecule has 0 spiro atoms. The molecule has 6 heteroatoms. The van der Waals surface area contributed by atoms with Gasteiger partial charge in [-0.05, 0) is 29.9 Å². The monoisotopic (exact) mass is 319 g/mol. The van der Waals surface area contributed by atoms with Gasteiger partial charge in [-0.3, -0.25) is 0 Å². The molecular formula is C16H21N3O2S. The smallest absolute Gasteiger partial charge is 0.319 e. The second-order valence-electron chi connectivity index (χ2n) is 5.22. The highest BCUT2D eigenvalue weighted by Gasteiger charge is 2.07. The number of carbonyl (C=O) groups is 1. The van der Waals surface area contributed by atoms with Crippen LogP contribution in [0, 0.1) is 6.92 Å². The van der Waals surface area contributed by atoms with E-state index >= 15 is 0 Å². The molecule has 22 heavy (non-hydrogen) atoms. The van der Waals surface area contributed by atoms with Crippen LogP contribution in [-0.2, 0) is 12.3 Å². The van der Waals surface area contributed by atoms with Crippen molar-refractivity contribution in [3.63, 3.8) is 0 Å². The van der Waals surface area contributed by atoms with Crippen LogP contribution >= 0.6 is 11.8 Å². The maximum atomic E-state index is 11.9. The van der Waals surface area contributed by atoms with Gasteiger partial charge in [0.2, 0.25) is 0 Å². The predicted molar refractivity (Wildman–Crippen MR) is 90.0 cm³/mol. The molecule has 0 fully saturated rings. The first-order valence-corrected chi connectivity index (χ1v) is 8.24. The van der Waals surface area contributed by atoms with Gasteiger partial charge in [0.1, 0.15) is 11.5 Å². The van der Waals surface area contributed by atoms with Gasteiger partial charge in [-0.2, -0.15) is 11.8 Å². The van der Waals surface area contributed by atoms with Crippen molar-refractivity contribution in [1.82, 2.24) is 10.3 Å². The predicted octanol–water partition coefficient (Wildman–Crippen LogP) is 3.95. The van der Waals surface area contributed by atoms with Crippen LogP contribution in [0.3, 0.4) is 0 Å². The molecule has 0 saturated carbocycles. The first-order valence-electron chi connectivity index (χ1n) is 7.19. The number of aromatic nitrogens is 1. The quantitative estimate of drug-likeness (QED) is 0.846. The van der Waals surface area contributed by atoms with Crippen LogP contribution in [0.15, 0.2) is 35.1 Å². The summed E-state index contributed by atoms with van der Waals surface area (Å²) in [6.45, 7) is 6.51. The largest absolute Gasteiger partial charge is 0.448 e. The number of anilines is 1. The highest BCUT2D eigenvalue weighted by Crippen LogP contribution is 2.19. The number of amides is 2. The van der Waals surface area contributed by atoms with Gasteiger partial charge in [-0.1, -0.05) is 26.0 Å². The summed E-state index contributed by atoms with van der Waals surface area (Å²) in [4.78, 5) is 15.9. The lowest BCUT2D eigenvalue weighted by molar-refractivity contribution is 0.251. The molecular weight excluding hydrogens is 298 g/mol. The lowest BCUT2D eigenvalue weighted by Gasteiger charge is -2.09. The number of hydrogen-bond donors (Lipinski definition) is 2. The van der Waals surface area contributed by atoms with Crippen LogP contribution in [0.25, 0.3) is 0 Å². The Morgan fingerprint density at radius 1 is 1.41 bits per heavy atom. The van der Waals surface area contributed by atoms with E-state index in [-0.39, 0.29) is 6.03 Å². The van der Waals surface area contributed by atoms with Gasteiger partial charge in [0.25, 0.3) is 0 Å². The van der Waals surface area contributed by atoms with Crippen molar-refractivity contribution in [2.45, 2.75) is 38.3 Å². The molecule has 1 heterocycles. The van der Waals surface area contributed by atoms with Crippen LogP contribution in [-0.4, -0.2) is 16.3 Å². The van der Waals surface area contributed by atoms with Crippen LogP contribution in [0.4, 0.5) is 10.5 Å². The van der Waals surface area contributed by atoms with Crippen molar-refractivity contribution in [3.05, 3.63) is 47.7 Å². The van der Waals surface area contributed by atoms with Crippen LogP contribution in [0.1, 0.15) is 30.9 Å². The molecule has 1 aromatic heterocycles. The first kappa shape index (κ1) is 16.4. The fourth-order valence-corrected chi connectivity index (χ4v) is 2.54. The van der Waals surface area contributed by atoms with E-state index in [1.165, 1.54) is 12.0 Å². The highest BCUT2D eigenvalue weighted by molar-refractivity contribution is 7.99. The average molecular weight is 319 g/mol. The minimum Gasteiger partial charge on any atom is -0.448 e. The van der Waals surface area contributed by atoms with E-state index in [1.54, 1.807) is 0 Å². The number of benzene rings is 1. The number of nitrogens with zero attached hydrogens (tertiary/aromatic N) is 1. The minimum atomic E-state index is -0.254. The van der Waals surface area contributed by atoms with Crippen molar-refractivity contribution in [2.24, 2.45) is 0 Å². The Morgan fingerprint density at radius 3 is 2.91 bits per heavy atom. The Hall–Kier alpha value is -1.95. The summed E-state index contributed by atoms with van der Waals surface area (Å²) in [6.07, 6.45) is 1.38. The molecule has 0 radical (unpaired) electrons. The Kier molecular flexibility index (Phi) is 5.89. The van der Waals surface area contributed by atoms with Crippen molar-refractivity contribution < 1.29 is 9.21 Å². The lowest BCUT2D eigenvalue weighted by atomic mass is 10.2. The number of rotatable bonds is 6. The third-order valence-corrected chi connectivity index (χ3v) is 4.20. The summed E-state index contributed by atoms with van der Waals surface area (Å²) in [7, 11) is 0. The molecule has 118 valence electrons. The molecule has 0 bridgehead atoms. The molecule has 0 atom stereocenters. The zero-order chi connectivity index (χ0) is 15.9. The van der Waals surface area contributed by atoms with Crippen molar-refractivity contribution >= 4 is 23.5 Å². The summed E-state index contributed by atoms with van der Waals surface area (Å²) in [5.74, 6) is 1.65. The molecule has 0 aliphatic heterocycles. The highest BCUT2D eigenvalue weighted by atomic mass is 32.2. The fraction of sp³-hybridized carbons (Fsp3) is 0.375. The van der Waals surface area contributed by atoms with Crippen LogP contribution in [0.2, 0.25) is 0 Å². The summed E-state index contributed by atoms with van der Waals surface area (Å²) in [5, 5.41) is 6.19. The molecule has 2 N–H and O–H groups in total. The Balaban J connectivity index is 1.85. The van der Waals surface area contributed by atoms with E-state index in [2.05, 4.69) is 35.5 Å². The second kappa shape index (κ2) is 7.89. The van der Waals surface area contributed by atoms with Crippen LogP contribution in [0.5, 0.6) is 0 Å². The zero-order valence-corrected chi connectivity index (χ0v) is 13.9. The fourth-order valence-electron chi connectivity index (χ4n) is 1.84. The third-order valence-electron chi connectivity index (χ3n) is 3.03. The lowest BCUT2D eigenvalue weighted by Crippen LogP contribution is -2.28. The molecule has 1 aromatic carbocycles. The van der Waals surface area contributed by atoms with Gasteiger partial charge < -0.3 is 15.1 Å². The number of aryl methyl sites for hydroxylation is 1. The standard InChI is InChI=1S/C16H21N3O2S/c1-11(2)22-9-13-5-4-6-14(7-13)19-16(20)17-8-15-12(3)21-10-18-15/h4-7,10-11H,8-9H2,1-3H3,(H2,17,19,20). The third kappa shape index (κ3) is 5.11. The van der Waals surface area contributed by atoms with Gasteiger partial charge in [0, 0.05) is 11.4 Å². The van der Waals surface area contributed by atoms with Crippen molar-refractivity contribution in [2.75, 3.05) is 5.32 Å². The number of nitrogens with one attached hydrogen (secondary N) is 2. The van der Waals surface area contributed by atoms with E-state index in [0.717, 1.165) is 17.1 Å². The topological polar surface area (TPSA) is 67.2 Å². The van der Waals surface area contributed by atoms with E-state index in [0.29, 0.717) is 17.6 Å². The first-order chi connectivity index (χ1) is 10.5. The minimum absolute atomic E-state index is 0.254. The molecule has 5 nitrogen and oxygen atoms in total. The average Bonchev–Trinajstić information content (AvgIpc) is 2.89. The van der Waals surface area contributed by atoms with E-state index < -0.39 is 0 Å². The van der Waals surface area contributed by atoms with Crippen LogP contribution < -0.4 is 10.6 Å². The summed E-state index contributed by atoms with van der Waals surface area (Å²) in [6, 6.07) is 7.64. The number of hydrogen-bond acceptors (Lipinski definition) is 4. The summed E-state index contributed by atoms with van der Waals surface area (Å²) >= 11 is 1.88. The molecule has 2 rings (SSSR count). The van der Waals surface area contributed by atoms with Crippen molar-refractivity contribution in [3.8, 4) is 0 Å². The number of carbonyl (C=O) groups excluding carboxylic acids is 1. The molecule has 2 aromatic rings. The molecule has 0 aliphatic carbocycles. The molecule has 0 unspecified atom stereocenters. The van der Waals surface area contributed by atoms with Gasteiger partial charge in [-0.15, -0.1) is 0 Å². The van der Waals surface area contributed by atoms with E-state index in [4.69, 9.17) is 4.42 Å². The van der Waals surface area contributed by atoms with E-state index in [9.17, 15) is 4.79 Å². The normalized spacial score (nSPS) is 10.7.